The fourth-order valence-electron chi connectivity index (χ4n) is 4.12. The van der Waals surface area contributed by atoms with Crippen LogP contribution in [0.1, 0.15) is 33.1 Å². The molecule has 2 aliphatic carbocycles. The molecule has 0 spiro atoms. The summed E-state index contributed by atoms with van der Waals surface area (Å²) in [7, 11) is 0. The summed E-state index contributed by atoms with van der Waals surface area (Å²) in [6.45, 7) is 6.17. The third-order valence-electron chi connectivity index (χ3n) is 5.00. The van der Waals surface area contributed by atoms with Crippen LogP contribution in [0.2, 0.25) is 0 Å². The van der Waals surface area contributed by atoms with Crippen LogP contribution in [0.3, 0.4) is 0 Å². The summed E-state index contributed by atoms with van der Waals surface area (Å²) in [6, 6.07) is 0.0993. The maximum Gasteiger partial charge on any atom is 0.227 e. The van der Waals surface area contributed by atoms with Crippen molar-refractivity contribution in [3.8, 4) is 0 Å². The first kappa shape index (κ1) is 15.1. The molecule has 0 aromatic rings. The molecule has 5 heteroatoms. The molecule has 3 rings (SSSR count). The molecule has 3 fully saturated rings. The van der Waals surface area contributed by atoms with Crippen LogP contribution in [0.5, 0.6) is 0 Å². The molecule has 1 saturated heterocycles. The molecule has 0 radical (unpaired) electrons. The van der Waals surface area contributed by atoms with E-state index in [0.717, 1.165) is 6.54 Å². The Bertz CT molecular complexity index is 359. The van der Waals surface area contributed by atoms with E-state index in [9.17, 15) is 4.79 Å². The number of nitrogens with two attached hydrogens (primary N) is 1. The Hall–Kier alpha value is -0.320. The van der Waals surface area contributed by atoms with E-state index < -0.39 is 0 Å². The standard InChI is InChI=1S/C14H24N2O2.ClH/c1-14(2)8-16(5-6-18-14)13(17)11-9-3-4-10(7-9)12(11)15;/h9-12H,3-8,15H2,1-2H3;1H. The highest BCUT2D eigenvalue weighted by atomic mass is 35.5. The van der Waals surface area contributed by atoms with E-state index in [1.807, 2.05) is 18.7 Å². The van der Waals surface area contributed by atoms with Crippen LogP contribution in [0, 0.1) is 17.8 Å². The van der Waals surface area contributed by atoms with Gasteiger partial charge in [0, 0.05) is 19.1 Å². The van der Waals surface area contributed by atoms with Crippen molar-refractivity contribution in [2.45, 2.75) is 44.8 Å². The number of hydrogen-bond acceptors (Lipinski definition) is 3. The molecular weight excluding hydrogens is 264 g/mol. The highest BCUT2D eigenvalue weighted by Crippen LogP contribution is 2.48. The van der Waals surface area contributed by atoms with Crippen LogP contribution in [0.25, 0.3) is 0 Å². The number of halogens is 1. The molecule has 1 amide bonds. The molecule has 3 aliphatic rings. The largest absolute Gasteiger partial charge is 0.372 e. The number of rotatable bonds is 1. The summed E-state index contributed by atoms with van der Waals surface area (Å²) in [5.41, 5.74) is 6.05. The SMILES string of the molecule is CC1(C)CN(C(=O)C2C3CCC(C3)C2N)CCO1.Cl. The van der Waals surface area contributed by atoms with Gasteiger partial charge in [-0.1, -0.05) is 0 Å². The highest BCUT2D eigenvalue weighted by molar-refractivity contribution is 5.85. The molecule has 0 aromatic carbocycles. The Morgan fingerprint density at radius 3 is 2.58 bits per heavy atom. The third-order valence-corrected chi connectivity index (χ3v) is 5.00. The van der Waals surface area contributed by atoms with Crippen LogP contribution in [-0.2, 0) is 9.53 Å². The number of amides is 1. The summed E-state index contributed by atoms with van der Waals surface area (Å²) in [4.78, 5) is 14.7. The normalized spacial score (nSPS) is 40.1. The van der Waals surface area contributed by atoms with E-state index in [4.69, 9.17) is 10.5 Å². The average molecular weight is 289 g/mol. The van der Waals surface area contributed by atoms with Gasteiger partial charge in [0.1, 0.15) is 0 Å². The fourth-order valence-corrected chi connectivity index (χ4v) is 4.12. The maximum absolute atomic E-state index is 12.7. The van der Waals surface area contributed by atoms with Gasteiger partial charge in [-0.05, 0) is 44.9 Å². The Balaban J connectivity index is 0.00000133. The number of morpholine rings is 1. The lowest BCUT2D eigenvalue weighted by atomic mass is 9.83. The lowest BCUT2D eigenvalue weighted by molar-refractivity contribution is -0.152. The molecule has 2 saturated carbocycles. The number of carbonyl (C=O) groups excluding carboxylic acids is 1. The summed E-state index contributed by atoms with van der Waals surface area (Å²) in [5, 5.41) is 0. The summed E-state index contributed by atoms with van der Waals surface area (Å²) in [6.07, 6.45) is 3.60. The zero-order valence-electron chi connectivity index (χ0n) is 11.8. The van der Waals surface area contributed by atoms with Gasteiger partial charge in [0.25, 0.3) is 0 Å². The second-order valence-electron chi connectivity index (χ2n) is 6.80. The van der Waals surface area contributed by atoms with Gasteiger partial charge < -0.3 is 15.4 Å². The predicted octanol–water partition coefficient (Wildman–Crippen LogP) is 1.42. The monoisotopic (exact) mass is 288 g/mol. The van der Waals surface area contributed by atoms with Crippen LogP contribution < -0.4 is 5.73 Å². The number of nitrogens with zero attached hydrogens (tertiary/aromatic N) is 1. The second kappa shape index (κ2) is 5.23. The van der Waals surface area contributed by atoms with E-state index in [2.05, 4.69) is 0 Å². The van der Waals surface area contributed by atoms with Gasteiger partial charge >= 0.3 is 0 Å². The van der Waals surface area contributed by atoms with Gasteiger partial charge in [0.15, 0.2) is 0 Å². The van der Waals surface area contributed by atoms with Crippen molar-refractivity contribution in [1.29, 1.82) is 0 Å². The Kier molecular flexibility index (Phi) is 4.15. The highest BCUT2D eigenvalue weighted by Gasteiger charge is 2.50. The second-order valence-corrected chi connectivity index (χ2v) is 6.80. The van der Waals surface area contributed by atoms with Crippen molar-refractivity contribution in [2.75, 3.05) is 19.7 Å². The van der Waals surface area contributed by atoms with Crippen molar-refractivity contribution < 1.29 is 9.53 Å². The topological polar surface area (TPSA) is 55.6 Å². The number of fused-ring (bicyclic) bond motifs is 2. The zero-order chi connectivity index (χ0) is 12.9. The summed E-state index contributed by atoms with van der Waals surface area (Å²) < 4.78 is 5.67. The molecule has 4 unspecified atom stereocenters. The summed E-state index contributed by atoms with van der Waals surface area (Å²) >= 11 is 0. The van der Waals surface area contributed by atoms with Gasteiger partial charge in [-0.25, -0.2) is 0 Å². The molecule has 0 aromatic heterocycles. The molecule has 19 heavy (non-hydrogen) atoms. The average Bonchev–Trinajstić information content (AvgIpc) is 2.87. The fraction of sp³-hybridized carbons (Fsp3) is 0.929. The van der Waals surface area contributed by atoms with Crippen LogP contribution in [0.15, 0.2) is 0 Å². The first-order valence-corrected chi connectivity index (χ1v) is 7.16. The molecule has 1 aliphatic heterocycles. The maximum atomic E-state index is 12.7. The molecule has 4 atom stereocenters. The molecule has 2 N–H and O–H groups in total. The van der Waals surface area contributed by atoms with E-state index in [-0.39, 0.29) is 35.9 Å². The third kappa shape index (κ3) is 2.63. The number of carbonyl (C=O) groups is 1. The van der Waals surface area contributed by atoms with Crippen molar-refractivity contribution in [3.63, 3.8) is 0 Å². The zero-order valence-corrected chi connectivity index (χ0v) is 12.6. The van der Waals surface area contributed by atoms with Gasteiger partial charge in [-0.3, -0.25) is 4.79 Å². The van der Waals surface area contributed by atoms with E-state index in [0.29, 0.717) is 25.0 Å². The van der Waals surface area contributed by atoms with Crippen molar-refractivity contribution in [3.05, 3.63) is 0 Å². The summed E-state index contributed by atoms with van der Waals surface area (Å²) in [5.74, 6) is 1.50. The first-order valence-electron chi connectivity index (χ1n) is 7.16. The Morgan fingerprint density at radius 2 is 2.00 bits per heavy atom. The van der Waals surface area contributed by atoms with Crippen molar-refractivity contribution in [2.24, 2.45) is 23.5 Å². The molecule has 1 heterocycles. The lowest BCUT2D eigenvalue weighted by Crippen LogP contribution is -2.55. The minimum atomic E-state index is -0.213. The predicted molar refractivity (Wildman–Crippen MR) is 76.2 cm³/mol. The minimum absolute atomic E-state index is 0. The first-order chi connectivity index (χ1) is 8.48. The number of hydrogen-bond donors (Lipinski definition) is 1. The quantitative estimate of drug-likeness (QED) is 0.794. The smallest absolute Gasteiger partial charge is 0.227 e. The van der Waals surface area contributed by atoms with Crippen LogP contribution in [-0.4, -0.2) is 42.1 Å². The number of ether oxygens (including phenoxy) is 1. The van der Waals surface area contributed by atoms with Crippen molar-refractivity contribution >= 4 is 18.3 Å². The van der Waals surface area contributed by atoms with Gasteiger partial charge in [-0.15, -0.1) is 12.4 Å². The van der Waals surface area contributed by atoms with Gasteiger partial charge in [-0.2, -0.15) is 0 Å². The van der Waals surface area contributed by atoms with E-state index in [1.165, 1.54) is 19.3 Å². The van der Waals surface area contributed by atoms with Crippen molar-refractivity contribution in [1.82, 2.24) is 4.90 Å². The molecule has 4 nitrogen and oxygen atoms in total. The molecule has 2 bridgehead atoms. The van der Waals surface area contributed by atoms with Crippen LogP contribution >= 0.6 is 12.4 Å². The van der Waals surface area contributed by atoms with Gasteiger partial charge in [0.05, 0.1) is 18.1 Å². The van der Waals surface area contributed by atoms with E-state index in [1.54, 1.807) is 0 Å². The Morgan fingerprint density at radius 1 is 1.32 bits per heavy atom. The van der Waals surface area contributed by atoms with Gasteiger partial charge in [0.2, 0.25) is 5.91 Å². The molecule has 110 valence electrons. The lowest BCUT2D eigenvalue weighted by Gasteiger charge is -2.41. The minimum Gasteiger partial charge on any atom is -0.372 e. The molecular formula is C14H25ClN2O2. The van der Waals surface area contributed by atoms with E-state index >= 15 is 0 Å². The van der Waals surface area contributed by atoms with Crippen LogP contribution in [0.4, 0.5) is 0 Å². The Labute approximate surface area is 121 Å².